The van der Waals surface area contributed by atoms with E-state index >= 15 is 0 Å². The molecule has 0 saturated carbocycles. The predicted octanol–water partition coefficient (Wildman–Crippen LogP) is 1.83. The van der Waals surface area contributed by atoms with Gasteiger partial charge in [0.2, 0.25) is 0 Å². The Morgan fingerprint density at radius 1 is 1.18 bits per heavy atom. The van der Waals surface area contributed by atoms with Crippen molar-refractivity contribution < 1.29 is 14.3 Å². The molecule has 2 aromatic carbocycles. The average Bonchev–Trinajstić information content (AvgIpc) is 3.20. The summed E-state index contributed by atoms with van der Waals surface area (Å²) < 4.78 is 12.9. The van der Waals surface area contributed by atoms with Crippen LogP contribution in [0.5, 0.6) is 5.75 Å². The second-order valence-electron chi connectivity index (χ2n) is 7.71. The van der Waals surface area contributed by atoms with Crippen LogP contribution in [-0.4, -0.2) is 48.8 Å². The highest BCUT2D eigenvalue weighted by Crippen LogP contribution is 2.20. The van der Waals surface area contributed by atoms with E-state index in [1.54, 1.807) is 35.2 Å². The SMILES string of the molecule is CCc1ccc(/C=c2\s/c(=C(/C#N)C(=O)N3CCOCC3)n(-c3ccccc3OC)c2=O)cc1. The van der Waals surface area contributed by atoms with Crippen molar-refractivity contribution in [3.05, 3.63) is 79.2 Å². The first-order valence-electron chi connectivity index (χ1n) is 11.0. The minimum atomic E-state index is -0.408. The number of aromatic nitrogens is 1. The van der Waals surface area contributed by atoms with Crippen molar-refractivity contribution in [2.75, 3.05) is 33.4 Å². The van der Waals surface area contributed by atoms with Gasteiger partial charge in [-0.3, -0.25) is 14.2 Å². The molecule has 0 spiro atoms. The molecule has 1 aliphatic heterocycles. The molecule has 1 fully saturated rings. The molecule has 0 aliphatic carbocycles. The summed E-state index contributed by atoms with van der Waals surface area (Å²) in [5, 5.41) is 10.0. The Hall–Kier alpha value is -3.67. The van der Waals surface area contributed by atoms with Gasteiger partial charge in [-0.15, -0.1) is 11.3 Å². The third-order valence-electron chi connectivity index (χ3n) is 5.67. The Morgan fingerprint density at radius 3 is 2.53 bits per heavy atom. The molecule has 0 N–H and O–H groups in total. The lowest BCUT2D eigenvalue weighted by Crippen LogP contribution is -2.42. The molecular weight excluding hydrogens is 450 g/mol. The number of methoxy groups -OCH3 is 1. The summed E-state index contributed by atoms with van der Waals surface area (Å²) in [4.78, 5) is 28.5. The molecule has 8 heteroatoms. The number of carbonyl (C=O) groups is 1. The maximum atomic E-state index is 13.6. The molecular formula is C26H25N3O4S. The molecule has 1 aromatic heterocycles. The number of nitrogens with zero attached hydrogens (tertiary/aromatic N) is 3. The Balaban J connectivity index is 1.99. The number of benzene rings is 2. The summed E-state index contributed by atoms with van der Waals surface area (Å²) in [5.41, 5.74) is 2.16. The second-order valence-corrected chi connectivity index (χ2v) is 8.75. The Labute approximate surface area is 201 Å². The van der Waals surface area contributed by atoms with Crippen molar-refractivity contribution in [1.29, 1.82) is 5.26 Å². The van der Waals surface area contributed by atoms with Crippen molar-refractivity contribution in [3.63, 3.8) is 0 Å². The zero-order chi connectivity index (χ0) is 24.1. The van der Waals surface area contributed by atoms with Gasteiger partial charge in [-0.2, -0.15) is 5.26 Å². The lowest BCUT2D eigenvalue weighted by molar-refractivity contribution is -0.128. The minimum absolute atomic E-state index is 0.0733. The van der Waals surface area contributed by atoms with Gasteiger partial charge in [0.05, 0.1) is 30.5 Å². The molecule has 34 heavy (non-hydrogen) atoms. The number of hydrogen-bond acceptors (Lipinski definition) is 6. The summed E-state index contributed by atoms with van der Waals surface area (Å²) in [6.07, 6.45) is 2.71. The normalized spacial score (nSPS) is 15.1. The summed E-state index contributed by atoms with van der Waals surface area (Å²) in [7, 11) is 1.52. The van der Waals surface area contributed by atoms with Gasteiger partial charge in [-0.25, -0.2) is 0 Å². The Bertz CT molecular complexity index is 1410. The quantitative estimate of drug-likeness (QED) is 0.562. The van der Waals surface area contributed by atoms with E-state index < -0.39 is 5.91 Å². The zero-order valence-corrected chi connectivity index (χ0v) is 19.9. The van der Waals surface area contributed by atoms with Crippen LogP contribution in [0.2, 0.25) is 0 Å². The molecule has 4 rings (SSSR count). The van der Waals surface area contributed by atoms with Crippen LogP contribution < -0.4 is 19.5 Å². The molecule has 1 saturated heterocycles. The highest BCUT2D eigenvalue weighted by atomic mass is 32.1. The van der Waals surface area contributed by atoms with E-state index in [2.05, 4.69) is 13.0 Å². The predicted molar refractivity (Wildman–Crippen MR) is 132 cm³/mol. The molecule has 7 nitrogen and oxygen atoms in total. The number of carbonyl (C=O) groups excluding carboxylic acids is 1. The number of rotatable bonds is 5. The summed E-state index contributed by atoms with van der Waals surface area (Å²) in [5.74, 6) is 0.0631. The van der Waals surface area contributed by atoms with Crippen LogP contribution in [0.3, 0.4) is 0 Å². The van der Waals surface area contributed by atoms with E-state index in [1.807, 2.05) is 24.3 Å². The first-order valence-corrected chi connectivity index (χ1v) is 11.9. The standard InChI is InChI=1S/C26H25N3O4S/c1-3-18-8-10-19(11-9-18)16-23-25(31)29(21-6-4-5-7-22(21)32-2)26(34-23)20(17-27)24(30)28-12-14-33-15-13-28/h4-11,16H,3,12-15H2,1-2H3/b23-16-,26-20-. The number of nitriles is 1. The maximum Gasteiger partial charge on any atom is 0.273 e. The number of aryl methyl sites for hydroxylation is 1. The Morgan fingerprint density at radius 2 is 1.88 bits per heavy atom. The zero-order valence-electron chi connectivity index (χ0n) is 19.1. The summed E-state index contributed by atoms with van der Waals surface area (Å²) in [6, 6.07) is 17.1. The van der Waals surface area contributed by atoms with E-state index in [0.29, 0.717) is 42.3 Å². The highest BCUT2D eigenvalue weighted by Gasteiger charge is 2.24. The largest absolute Gasteiger partial charge is 0.495 e. The third kappa shape index (κ3) is 4.67. The van der Waals surface area contributed by atoms with Crippen LogP contribution in [0.15, 0.2) is 53.3 Å². The van der Waals surface area contributed by atoms with Crippen LogP contribution in [0.25, 0.3) is 17.3 Å². The van der Waals surface area contributed by atoms with Crippen LogP contribution in [0.1, 0.15) is 18.1 Å². The van der Waals surface area contributed by atoms with Gasteiger partial charge in [0, 0.05) is 13.1 Å². The monoisotopic (exact) mass is 475 g/mol. The topological polar surface area (TPSA) is 84.6 Å². The number of thiazole rings is 1. The molecule has 1 aliphatic rings. The van der Waals surface area contributed by atoms with E-state index in [-0.39, 0.29) is 15.8 Å². The summed E-state index contributed by atoms with van der Waals surface area (Å²) in [6.45, 7) is 3.72. The molecule has 2 heterocycles. The molecule has 0 unspecified atom stereocenters. The molecule has 0 atom stereocenters. The van der Waals surface area contributed by atoms with Crippen molar-refractivity contribution in [2.24, 2.45) is 0 Å². The fourth-order valence-corrected chi connectivity index (χ4v) is 4.89. The minimum Gasteiger partial charge on any atom is -0.495 e. The van der Waals surface area contributed by atoms with E-state index in [0.717, 1.165) is 23.3 Å². The number of hydrogen-bond donors (Lipinski definition) is 0. The first kappa shape index (κ1) is 23.5. The van der Waals surface area contributed by atoms with E-state index in [4.69, 9.17) is 9.47 Å². The third-order valence-corrected chi connectivity index (χ3v) is 6.77. The van der Waals surface area contributed by atoms with Gasteiger partial charge in [0.1, 0.15) is 16.5 Å². The van der Waals surface area contributed by atoms with Gasteiger partial charge >= 0.3 is 0 Å². The average molecular weight is 476 g/mol. The van der Waals surface area contributed by atoms with Crippen molar-refractivity contribution in [1.82, 2.24) is 9.47 Å². The fraction of sp³-hybridized carbons (Fsp3) is 0.269. The van der Waals surface area contributed by atoms with Crippen LogP contribution >= 0.6 is 11.3 Å². The number of para-hydroxylation sites is 2. The van der Waals surface area contributed by atoms with Gasteiger partial charge in [0.25, 0.3) is 11.5 Å². The number of ether oxygens (including phenoxy) is 2. The highest BCUT2D eigenvalue weighted by molar-refractivity contribution is 7.07. The maximum absolute atomic E-state index is 13.6. The molecule has 0 bridgehead atoms. The van der Waals surface area contributed by atoms with Gasteiger partial charge in [-0.1, -0.05) is 43.3 Å². The van der Waals surface area contributed by atoms with Crippen LogP contribution in [0.4, 0.5) is 0 Å². The van der Waals surface area contributed by atoms with Crippen molar-refractivity contribution >= 4 is 28.9 Å². The fourth-order valence-electron chi connectivity index (χ4n) is 3.80. The van der Waals surface area contributed by atoms with E-state index in [9.17, 15) is 14.9 Å². The van der Waals surface area contributed by atoms with Crippen molar-refractivity contribution in [2.45, 2.75) is 13.3 Å². The first-order chi connectivity index (χ1) is 16.6. The van der Waals surface area contributed by atoms with Gasteiger partial charge in [-0.05, 0) is 35.8 Å². The molecule has 0 radical (unpaired) electrons. The summed E-state index contributed by atoms with van der Waals surface area (Å²) >= 11 is 1.13. The molecule has 3 aromatic rings. The van der Waals surface area contributed by atoms with Crippen molar-refractivity contribution in [3.8, 4) is 17.5 Å². The molecule has 1 amide bonds. The van der Waals surface area contributed by atoms with E-state index in [1.165, 1.54) is 17.2 Å². The smallest absolute Gasteiger partial charge is 0.273 e. The van der Waals surface area contributed by atoms with Crippen LogP contribution in [-0.2, 0) is 16.0 Å². The lowest BCUT2D eigenvalue weighted by atomic mass is 10.1. The Kier molecular flexibility index (Phi) is 7.26. The number of amides is 1. The van der Waals surface area contributed by atoms with Crippen LogP contribution in [0, 0.1) is 11.3 Å². The van der Waals surface area contributed by atoms with Gasteiger partial charge < -0.3 is 14.4 Å². The number of morpholine rings is 1. The van der Waals surface area contributed by atoms with Gasteiger partial charge in [0.15, 0.2) is 5.57 Å². The molecule has 174 valence electrons. The lowest BCUT2D eigenvalue weighted by Gasteiger charge is -2.26. The second kappa shape index (κ2) is 10.5.